The fourth-order valence-corrected chi connectivity index (χ4v) is 5.82. The Bertz CT molecular complexity index is 1310. The van der Waals surface area contributed by atoms with Crippen molar-refractivity contribution in [3.63, 3.8) is 0 Å². The van der Waals surface area contributed by atoms with Gasteiger partial charge < -0.3 is 20.2 Å². The van der Waals surface area contributed by atoms with Crippen LogP contribution < -0.4 is 5.32 Å². The van der Waals surface area contributed by atoms with Crippen LogP contribution in [0.2, 0.25) is 0 Å². The fraction of sp³-hybridized carbons (Fsp3) is 0.364. The highest BCUT2D eigenvalue weighted by Gasteiger charge is 2.50. The molecule has 3 aromatic rings. The number of benzene rings is 3. The topological polar surface area (TPSA) is 59.1 Å². The van der Waals surface area contributed by atoms with Crippen LogP contribution in [-0.2, 0) is 0 Å². The van der Waals surface area contributed by atoms with E-state index >= 15 is 0 Å². The van der Waals surface area contributed by atoms with E-state index in [-0.39, 0.29) is 30.6 Å². The highest BCUT2D eigenvalue weighted by atomic mass is 16.3. The van der Waals surface area contributed by atoms with Crippen molar-refractivity contribution in [2.75, 3.05) is 45.7 Å². The molecule has 2 amide bonds. The molecule has 2 saturated heterocycles. The number of aryl methyl sites for hydroxylation is 1. The van der Waals surface area contributed by atoms with Crippen molar-refractivity contribution in [3.8, 4) is 11.8 Å². The molecule has 2 aliphatic heterocycles. The Labute approximate surface area is 232 Å². The Hall–Kier alpha value is -3.63. The van der Waals surface area contributed by atoms with Crippen LogP contribution in [-0.4, -0.2) is 84.3 Å². The molecule has 0 unspecified atom stereocenters. The molecule has 0 spiro atoms. The number of anilines is 1. The molecule has 3 aromatic carbocycles. The highest BCUT2D eigenvalue weighted by molar-refractivity contribution is 5.89. The van der Waals surface area contributed by atoms with Crippen LogP contribution >= 0.6 is 0 Å². The lowest BCUT2D eigenvalue weighted by atomic mass is 9.74. The van der Waals surface area contributed by atoms with Crippen LogP contribution in [0, 0.1) is 18.8 Å². The summed E-state index contributed by atoms with van der Waals surface area (Å²) in [6, 6.07) is 26.7. The molecule has 0 bridgehead atoms. The Kier molecular flexibility index (Phi) is 8.33. The summed E-state index contributed by atoms with van der Waals surface area (Å²) in [4.78, 5) is 20.0. The first-order chi connectivity index (χ1) is 18.9. The fourth-order valence-electron chi connectivity index (χ4n) is 5.82. The summed E-state index contributed by atoms with van der Waals surface area (Å²) >= 11 is 0. The molecule has 0 saturated carbocycles. The van der Waals surface area contributed by atoms with Crippen molar-refractivity contribution in [2.45, 2.75) is 37.4 Å². The zero-order valence-corrected chi connectivity index (χ0v) is 23.0. The van der Waals surface area contributed by atoms with Crippen LogP contribution in [0.1, 0.15) is 34.6 Å². The van der Waals surface area contributed by atoms with Crippen LogP contribution in [0.4, 0.5) is 10.5 Å². The number of aliphatic hydroxyl groups is 1. The van der Waals surface area contributed by atoms with Crippen molar-refractivity contribution < 1.29 is 9.90 Å². The summed E-state index contributed by atoms with van der Waals surface area (Å²) in [6.45, 7) is 4.32. The first kappa shape index (κ1) is 27.0. The second-order valence-corrected chi connectivity index (χ2v) is 10.9. The Balaban J connectivity index is 1.36. The quantitative estimate of drug-likeness (QED) is 0.499. The van der Waals surface area contributed by atoms with Crippen molar-refractivity contribution in [2.24, 2.45) is 0 Å². The van der Waals surface area contributed by atoms with Gasteiger partial charge in [0.1, 0.15) is 0 Å². The van der Waals surface area contributed by atoms with E-state index in [1.807, 2.05) is 66.4 Å². The van der Waals surface area contributed by atoms with Gasteiger partial charge >= 0.3 is 6.03 Å². The molecule has 6 nitrogen and oxygen atoms in total. The molecule has 39 heavy (non-hydrogen) atoms. The molecule has 5 rings (SSSR count). The summed E-state index contributed by atoms with van der Waals surface area (Å²) in [5.74, 6) is 6.61. The van der Waals surface area contributed by atoms with Gasteiger partial charge in [0, 0.05) is 60.5 Å². The molecule has 202 valence electrons. The van der Waals surface area contributed by atoms with E-state index in [0.29, 0.717) is 19.1 Å². The van der Waals surface area contributed by atoms with E-state index in [1.54, 1.807) is 0 Å². The third-order valence-electron chi connectivity index (χ3n) is 8.17. The lowest BCUT2D eigenvalue weighted by Gasteiger charge is -2.58. The van der Waals surface area contributed by atoms with Crippen molar-refractivity contribution in [3.05, 3.63) is 101 Å². The first-order valence-electron chi connectivity index (χ1n) is 13.8. The predicted octanol–water partition coefficient (Wildman–Crippen LogP) is 4.39. The van der Waals surface area contributed by atoms with Gasteiger partial charge in [0.2, 0.25) is 0 Å². The number of nitrogens with zero attached hydrogens (tertiary/aromatic N) is 3. The van der Waals surface area contributed by atoms with E-state index in [0.717, 1.165) is 35.3 Å². The number of amides is 2. The van der Waals surface area contributed by atoms with E-state index in [9.17, 15) is 9.90 Å². The highest BCUT2D eigenvalue weighted by Crippen LogP contribution is 2.42. The van der Waals surface area contributed by atoms with Crippen LogP contribution in [0.15, 0.2) is 78.9 Å². The van der Waals surface area contributed by atoms with Gasteiger partial charge in [-0.25, -0.2) is 4.79 Å². The molecule has 0 aliphatic carbocycles. The zero-order valence-electron chi connectivity index (χ0n) is 23.0. The molecule has 6 heteroatoms. The summed E-state index contributed by atoms with van der Waals surface area (Å²) in [5, 5.41) is 13.5. The Morgan fingerprint density at radius 3 is 2.26 bits per heavy atom. The van der Waals surface area contributed by atoms with Gasteiger partial charge in [-0.3, -0.25) is 4.90 Å². The first-order valence-corrected chi connectivity index (χ1v) is 13.8. The number of aliphatic hydroxyl groups excluding tert-OH is 1. The lowest BCUT2D eigenvalue weighted by Crippen LogP contribution is -2.70. The average molecular weight is 523 g/mol. The van der Waals surface area contributed by atoms with Gasteiger partial charge in [-0.05, 0) is 69.4 Å². The number of hydrogen-bond acceptors (Lipinski definition) is 4. The lowest BCUT2D eigenvalue weighted by molar-refractivity contribution is -0.0723. The molecule has 4 atom stereocenters. The van der Waals surface area contributed by atoms with Crippen molar-refractivity contribution in [1.82, 2.24) is 14.7 Å². The maximum atomic E-state index is 13.4. The molecule has 0 aromatic heterocycles. The third-order valence-corrected chi connectivity index (χ3v) is 8.17. The summed E-state index contributed by atoms with van der Waals surface area (Å²) in [7, 11) is 4.19. The minimum Gasteiger partial charge on any atom is -0.395 e. The molecule has 2 fully saturated rings. The SMILES string of the molecule is Cc1ccc(NC(=O)N2CC[C@@H](N(C)C)CN3[C@H](CO)[C@H](c4ccc(C#Cc5ccccc5)cc4)[C@@H]3C2)cc1. The number of hydrogen-bond donors (Lipinski definition) is 2. The number of rotatable bonds is 4. The Morgan fingerprint density at radius 1 is 0.949 bits per heavy atom. The maximum Gasteiger partial charge on any atom is 0.321 e. The zero-order chi connectivity index (χ0) is 27.4. The van der Waals surface area contributed by atoms with Gasteiger partial charge in [-0.1, -0.05) is 59.9 Å². The smallest absolute Gasteiger partial charge is 0.321 e. The van der Waals surface area contributed by atoms with Crippen LogP contribution in [0.25, 0.3) is 0 Å². The van der Waals surface area contributed by atoms with Gasteiger partial charge in [-0.2, -0.15) is 0 Å². The second kappa shape index (κ2) is 12.0. The molecular weight excluding hydrogens is 484 g/mol. The predicted molar refractivity (Wildman–Crippen MR) is 157 cm³/mol. The minimum absolute atomic E-state index is 0.0267. The largest absolute Gasteiger partial charge is 0.395 e. The average Bonchev–Trinajstić information content (AvgIpc) is 2.93. The maximum absolute atomic E-state index is 13.4. The number of likely N-dealkylation sites (N-methyl/N-ethyl adjacent to an activating group) is 1. The Morgan fingerprint density at radius 2 is 1.62 bits per heavy atom. The summed E-state index contributed by atoms with van der Waals surface area (Å²) in [6.07, 6.45) is 0.884. The summed E-state index contributed by atoms with van der Waals surface area (Å²) < 4.78 is 0. The van der Waals surface area contributed by atoms with E-state index in [1.165, 1.54) is 5.56 Å². The van der Waals surface area contributed by atoms with E-state index < -0.39 is 0 Å². The van der Waals surface area contributed by atoms with Crippen molar-refractivity contribution >= 4 is 11.7 Å². The van der Waals surface area contributed by atoms with Gasteiger partial charge in [0.05, 0.1) is 6.61 Å². The van der Waals surface area contributed by atoms with Gasteiger partial charge in [0.25, 0.3) is 0 Å². The number of urea groups is 1. The second-order valence-electron chi connectivity index (χ2n) is 10.9. The van der Waals surface area contributed by atoms with E-state index in [2.05, 4.69) is 65.3 Å². The molecule has 2 heterocycles. The molecule has 0 radical (unpaired) electrons. The van der Waals surface area contributed by atoms with Gasteiger partial charge in [0.15, 0.2) is 0 Å². The van der Waals surface area contributed by atoms with Crippen LogP contribution in [0.3, 0.4) is 0 Å². The van der Waals surface area contributed by atoms with Crippen LogP contribution in [0.5, 0.6) is 0 Å². The number of nitrogens with one attached hydrogen (secondary N) is 1. The molecular formula is C33H38N4O2. The monoisotopic (exact) mass is 522 g/mol. The van der Waals surface area contributed by atoms with E-state index in [4.69, 9.17) is 0 Å². The normalized spacial score (nSPS) is 23.1. The summed E-state index contributed by atoms with van der Waals surface area (Å²) in [5.41, 5.74) is 5.10. The molecule has 2 N–H and O–H groups in total. The number of fused-ring (bicyclic) bond motifs is 1. The molecule has 2 aliphatic rings. The minimum atomic E-state index is -0.0732. The number of carbonyl (C=O) groups excluding carboxylic acids is 1. The van der Waals surface area contributed by atoms with Gasteiger partial charge in [-0.15, -0.1) is 0 Å². The third kappa shape index (κ3) is 6.17. The van der Waals surface area contributed by atoms with Crippen molar-refractivity contribution in [1.29, 1.82) is 0 Å². The number of carbonyl (C=O) groups is 1. The standard InChI is InChI=1S/C33H38N4O2/c1-24-9-17-28(18-10-24)34-33(39)36-20-19-29(35(2)3)21-37-30(22-36)32(31(37)23-38)27-15-13-26(14-16-27)12-11-25-7-5-4-6-8-25/h4-10,13-18,29-32,38H,19-23H2,1-3H3,(H,34,39)/t29-,30+,31-,32-/m1/s1.